The van der Waals surface area contributed by atoms with Crippen molar-refractivity contribution in [2.75, 3.05) is 27.2 Å². The van der Waals surface area contributed by atoms with Crippen LogP contribution >= 0.6 is 0 Å². The quantitative estimate of drug-likeness (QED) is 0.757. The van der Waals surface area contributed by atoms with E-state index in [0.717, 1.165) is 25.9 Å². The van der Waals surface area contributed by atoms with Crippen LogP contribution in [0.3, 0.4) is 0 Å². The summed E-state index contributed by atoms with van der Waals surface area (Å²) in [6.45, 7) is 8.13. The fourth-order valence-electron chi connectivity index (χ4n) is 2.26. The maximum Gasteiger partial charge on any atom is 0.241 e. The van der Waals surface area contributed by atoms with Gasteiger partial charge in [-0.25, -0.2) is 0 Å². The Balaban J connectivity index is 2.65. The molecule has 0 bridgehead atoms. The third kappa shape index (κ3) is 3.68. The molecule has 1 aliphatic rings. The number of likely N-dealkylation sites (N-methyl/N-ethyl adjacent to an activating group) is 1. The maximum atomic E-state index is 12.3. The molecular weight excluding hydrogens is 214 g/mol. The first-order valence-corrected chi connectivity index (χ1v) is 6.68. The normalized spacial score (nSPS) is 25.4. The number of rotatable bonds is 6. The van der Waals surface area contributed by atoms with Crippen LogP contribution < -0.4 is 5.32 Å². The Morgan fingerprint density at radius 2 is 2.06 bits per heavy atom. The molecule has 2 unspecified atom stereocenters. The van der Waals surface area contributed by atoms with Crippen molar-refractivity contribution >= 4 is 5.91 Å². The Labute approximate surface area is 105 Å². The highest BCUT2D eigenvalue weighted by atomic mass is 16.2. The maximum absolute atomic E-state index is 12.3. The molecule has 0 spiro atoms. The van der Waals surface area contributed by atoms with Crippen LogP contribution in [0.2, 0.25) is 0 Å². The van der Waals surface area contributed by atoms with Gasteiger partial charge in [0.05, 0.1) is 12.2 Å². The van der Waals surface area contributed by atoms with Crippen LogP contribution in [0.5, 0.6) is 0 Å². The SMILES string of the molecule is CCCC1NC(C(C)C)C(=O)N1CCN(C)C. The van der Waals surface area contributed by atoms with Crippen LogP contribution in [0, 0.1) is 5.92 Å². The lowest BCUT2D eigenvalue weighted by molar-refractivity contribution is -0.130. The number of nitrogens with zero attached hydrogens (tertiary/aromatic N) is 2. The van der Waals surface area contributed by atoms with E-state index in [1.54, 1.807) is 0 Å². The van der Waals surface area contributed by atoms with Crippen molar-refractivity contribution in [1.29, 1.82) is 0 Å². The molecule has 0 saturated carbocycles. The summed E-state index contributed by atoms with van der Waals surface area (Å²) < 4.78 is 0. The largest absolute Gasteiger partial charge is 0.325 e. The lowest BCUT2D eigenvalue weighted by Crippen LogP contribution is -2.41. The fourth-order valence-corrected chi connectivity index (χ4v) is 2.26. The number of amides is 1. The third-order valence-corrected chi connectivity index (χ3v) is 3.31. The van der Waals surface area contributed by atoms with Gasteiger partial charge in [-0.3, -0.25) is 10.1 Å². The van der Waals surface area contributed by atoms with Crippen molar-refractivity contribution in [1.82, 2.24) is 15.1 Å². The third-order valence-electron chi connectivity index (χ3n) is 3.31. The summed E-state index contributed by atoms with van der Waals surface area (Å²) in [6, 6.07) is 0.00807. The minimum Gasteiger partial charge on any atom is -0.325 e. The van der Waals surface area contributed by atoms with E-state index in [4.69, 9.17) is 0 Å². The van der Waals surface area contributed by atoms with Crippen molar-refractivity contribution < 1.29 is 4.79 Å². The fraction of sp³-hybridized carbons (Fsp3) is 0.923. The second-order valence-electron chi connectivity index (χ2n) is 5.53. The van der Waals surface area contributed by atoms with Crippen LogP contribution in [0.25, 0.3) is 0 Å². The van der Waals surface area contributed by atoms with Crippen molar-refractivity contribution in [3.05, 3.63) is 0 Å². The molecule has 1 fully saturated rings. The van der Waals surface area contributed by atoms with Gasteiger partial charge >= 0.3 is 0 Å². The molecule has 1 heterocycles. The van der Waals surface area contributed by atoms with Crippen LogP contribution in [0.4, 0.5) is 0 Å². The van der Waals surface area contributed by atoms with E-state index in [-0.39, 0.29) is 18.1 Å². The molecule has 4 nitrogen and oxygen atoms in total. The molecule has 1 N–H and O–H groups in total. The smallest absolute Gasteiger partial charge is 0.241 e. The molecule has 0 aromatic rings. The van der Waals surface area contributed by atoms with Crippen LogP contribution in [-0.4, -0.2) is 55.1 Å². The first kappa shape index (κ1) is 14.5. The standard InChI is InChI=1S/C13H27N3O/c1-6-7-11-14-12(10(2)3)13(17)16(11)9-8-15(4)5/h10-12,14H,6-9H2,1-5H3. The van der Waals surface area contributed by atoms with Gasteiger partial charge in [0.1, 0.15) is 0 Å². The zero-order valence-corrected chi connectivity index (χ0v) is 11.9. The van der Waals surface area contributed by atoms with Crippen molar-refractivity contribution in [3.63, 3.8) is 0 Å². The zero-order valence-electron chi connectivity index (χ0n) is 11.9. The monoisotopic (exact) mass is 241 g/mol. The predicted molar refractivity (Wildman–Crippen MR) is 70.7 cm³/mol. The number of carbonyl (C=O) groups is 1. The van der Waals surface area contributed by atoms with E-state index < -0.39 is 0 Å². The van der Waals surface area contributed by atoms with Gasteiger partial charge in [-0.05, 0) is 26.4 Å². The molecule has 1 saturated heterocycles. The molecule has 4 heteroatoms. The lowest BCUT2D eigenvalue weighted by Gasteiger charge is -2.25. The minimum atomic E-state index is 0.00807. The predicted octanol–water partition coefficient (Wildman–Crippen LogP) is 1.13. The summed E-state index contributed by atoms with van der Waals surface area (Å²) in [7, 11) is 4.09. The second-order valence-corrected chi connectivity index (χ2v) is 5.53. The first-order chi connectivity index (χ1) is 7.97. The Morgan fingerprint density at radius 1 is 1.41 bits per heavy atom. The molecule has 0 radical (unpaired) electrons. The second kappa shape index (κ2) is 6.36. The summed E-state index contributed by atoms with van der Waals surface area (Å²) in [5, 5.41) is 3.47. The topological polar surface area (TPSA) is 35.6 Å². The van der Waals surface area contributed by atoms with Crippen molar-refractivity contribution in [2.45, 2.75) is 45.8 Å². The van der Waals surface area contributed by atoms with E-state index >= 15 is 0 Å². The first-order valence-electron chi connectivity index (χ1n) is 6.68. The number of nitrogens with one attached hydrogen (secondary N) is 1. The Kier molecular flexibility index (Phi) is 5.40. The molecule has 17 heavy (non-hydrogen) atoms. The van der Waals surface area contributed by atoms with Gasteiger partial charge < -0.3 is 9.80 Å². The average Bonchev–Trinajstić information content (AvgIpc) is 2.53. The minimum absolute atomic E-state index is 0.00807. The summed E-state index contributed by atoms with van der Waals surface area (Å²) in [6.07, 6.45) is 2.39. The van der Waals surface area contributed by atoms with Gasteiger partial charge in [-0.2, -0.15) is 0 Å². The van der Waals surface area contributed by atoms with E-state index in [1.807, 2.05) is 19.0 Å². The zero-order chi connectivity index (χ0) is 13.0. The van der Waals surface area contributed by atoms with Gasteiger partial charge in [0.25, 0.3) is 0 Å². The van der Waals surface area contributed by atoms with E-state index in [9.17, 15) is 4.79 Å². The molecule has 2 atom stereocenters. The van der Waals surface area contributed by atoms with E-state index in [0.29, 0.717) is 5.92 Å². The van der Waals surface area contributed by atoms with E-state index in [1.165, 1.54) is 0 Å². The highest BCUT2D eigenvalue weighted by Gasteiger charge is 2.39. The molecule has 1 aliphatic heterocycles. The lowest BCUT2D eigenvalue weighted by atomic mass is 10.1. The van der Waals surface area contributed by atoms with Gasteiger partial charge in [-0.15, -0.1) is 0 Å². The van der Waals surface area contributed by atoms with Gasteiger partial charge in [-0.1, -0.05) is 27.2 Å². The highest BCUT2D eigenvalue weighted by Crippen LogP contribution is 2.19. The molecule has 1 amide bonds. The molecule has 0 aliphatic carbocycles. The Hall–Kier alpha value is -0.610. The Morgan fingerprint density at radius 3 is 2.53 bits per heavy atom. The summed E-state index contributed by atoms with van der Waals surface area (Å²) in [5.41, 5.74) is 0. The van der Waals surface area contributed by atoms with Crippen LogP contribution in [0.15, 0.2) is 0 Å². The molecule has 0 aromatic heterocycles. The van der Waals surface area contributed by atoms with Gasteiger partial charge in [0, 0.05) is 13.1 Å². The van der Waals surface area contributed by atoms with Crippen LogP contribution in [-0.2, 0) is 4.79 Å². The number of hydrogen-bond donors (Lipinski definition) is 1. The van der Waals surface area contributed by atoms with Crippen molar-refractivity contribution in [2.24, 2.45) is 5.92 Å². The average molecular weight is 241 g/mol. The molecule has 100 valence electrons. The highest BCUT2D eigenvalue weighted by molar-refractivity contribution is 5.84. The summed E-state index contributed by atoms with van der Waals surface area (Å²) >= 11 is 0. The summed E-state index contributed by atoms with van der Waals surface area (Å²) in [5.74, 6) is 0.645. The van der Waals surface area contributed by atoms with Gasteiger partial charge in [0.2, 0.25) is 5.91 Å². The molecular formula is C13H27N3O. The van der Waals surface area contributed by atoms with Gasteiger partial charge in [0.15, 0.2) is 0 Å². The van der Waals surface area contributed by atoms with E-state index in [2.05, 4.69) is 31.0 Å². The number of hydrogen-bond acceptors (Lipinski definition) is 3. The van der Waals surface area contributed by atoms with Crippen LogP contribution in [0.1, 0.15) is 33.6 Å². The molecule has 0 aromatic carbocycles. The summed E-state index contributed by atoms with van der Waals surface area (Å²) in [4.78, 5) is 16.4. The number of carbonyl (C=O) groups excluding carboxylic acids is 1. The molecule has 1 rings (SSSR count). The Bertz CT molecular complexity index is 253. The van der Waals surface area contributed by atoms with Crippen molar-refractivity contribution in [3.8, 4) is 0 Å².